The van der Waals surface area contributed by atoms with Crippen molar-refractivity contribution in [3.05, 3.63) is 88.8 Å². The smallest absolute Gasteiger partial charge is 0.142 e. The predicted octanol–water partition coefficient (Wildman–Crippen LogP) is 5.58. The van der Waals surface area contributed by atoms with Gasteiger partial charge < -0.3 is 4.84 Å². The fourth-order valence-electron chi connectivity index (χ4n) is 1.94. The maximum absolute atomic E-state index is 12.8. The number of benzene rings is 2. The van der Waals surface area contributed by atoms with E-state index in [0.29, 0.717) is 5.02 Å². The second kappa shape index (κ2) is 8.65. The minimum atomic E-state index is -0.269. The predicted molar refractivity (Wildman–Crippen MR) is 98.6 cm³/mol. The number of aromatic nitrogens is 1. The molecule has 0 bridgehead atoms. The molecule has 6 heteroatoms. The fraction of sp³-hybridized carbons (Fsp3) is 0.0526. The lowest BCUT2D eigenvalue weighted by Gasteiger charge is -2.02. The van der Waals surface area contributed by atoms with Gasteiger partial charge in [-0.3, -0.25) is 0 Å². The summed E-state index contributed by atoms with van der Waals surface area (Å²) in [7, 11) is 0. The average Bonchev–Trinajstić information content (AvgIpc) is 2.63. The van der Waals surface area contributed by atoms with E-state index in [0.717, 1.165) is 21.0 Å². The molecule has 25 heavy (non-hydrogen) atoms. The van der Waals surface area contributed by atoms with Crippen LogP contribution in [0.25, 0.3) is 0 Å². The normalized spacial score (nSPS) is 11.0. The van der Waals surface area contributed by atoms with Crippen LogP contribution >= 0.6 is 23.4 Å². The SMILES string of the molecule is Fc1ccc(CON=Cc2ccc(Sc3ccc(Cl)cc3)nc2)cc1. The molecule has 0 unspecified atom stereocenters. The van der Waals surface area contributed by atoms with E-state index >= 15 is 0 Å². The summed E-state index contributed by atoms with van der Waals surface area (Å²) in [5, 5.41) is 5.50. The molecular formula is C19H14ClFN2OS. The van der Waals surface area contributed by atoms with Crippen LogP contribution in [-0.4, -0.2) is 11.2 Å². The van der Waals surface area contributed by atoms with Crippen LogP contribution in [0, 0.1) is 5.82 Å². The molecule has 0 spiro atoms. The van der Waals surface area contributed by atoms with Gasteiger partial charge in [-0.2, -0.15) is 0 Å². The van der Waals surface area contributed by atoms with E-state index in [4.69, 9.17) is 16.4 Å². The van der Waals surface area contributed by atoms with Gasteiger partial charge in [-0.05, 0) is 54.1 Å². The molecule has 0 atom stereocenters. The highest BCUT2D eigenvalue weighted by molar-refractivity contribution is 7.99. The van der Waals surface area contributed by atoms with E-state index < -0.39 is 0 Å². The molecule has 3 aromatic rings. The molecule has 126 valence electrons. The van der Waals surface area contributed by atoms with Gasteiger partial charge in [0.15, 0.2) is 0 Å². The van der Waals surface area contributed by atoms with Crippen molar-refractivity contribution in [1.82, 2.24) is 4.98 Å². The number of rotatable bonds is 6. The van der Waals surface area contributed by atoms with Crippen LogP contribution in [0.3, 0.4) is 0 Å². The first-order chi connectivity index (χ1) is 12.2. The lowest BCUT2D eigenvalue weighted by molar-refractivity contribution is 0.132. The molecule has 0 amide bonds. The van der Waals surface area contributed by atoms with Crippen molar-refractivity contribution in [3.8, 4) is 0 Å². The van der Waals surface area contributed by atoms with Gasteiger partial charge in [0, 0.05) is 21.7 Å². The molecular weight excluding hydrogens is 359 g/mol. The average molecular weight is 373 g/mol. The maximum atomic E-state index is 12.8. The Kier molecular flexibility index (Phi) is 6.04. The number of halogens is 2. The van der Waals surface area contributed by atoms with Gasteiger partial charge in [-0.1, -0.05) is 40.7 Å². The molecule has 0 radical (unpaired) electrons. The monoisotopic (exact) mass is 372 g/mol. The van der Waals surface area contributed by atoms with Crippen molar-refractivity contribution in [3.63, 3.8) is 0 Å². The van der Waals surface area contributed by atoms with Crippen molar-refractivity contribution < 1.29 is 9.23 Å². The topological polar surface area (TPSA) is 34.5 Å². The van der Waals surface area contributed by atoms with Gasteiger partial charge in [0.2, 0.25) is 0 Å². The minimum absolute atomic E-state index is 0.269. The van der Waals surface area contributed by atoms with E-state index in [1.165, 1.54) is 12.1 Å². The number of hydrogen-bond acceptors (Lipinski definition) is 4. The molecule has 0 saturated carbocycles. The van der Waals surface area contributed by atoms with Gasteiger partial charge in [-0.25, -0.2) is 9.37 Å². The third-order valence-electron chi connectivity index (χ3n) is 3.22. The Balaban J connectivity index is 1.51. The van der Waals surface area contributed by atoms with E-state index in [2.05, 4.69) is 10.1 Å². The zero-order chi connectivity index (χ0) is 17.5. The summed E-state index contributed by atoms with van der Waals surface area (Å²) in [5.74, 6) is -0.269. The zero-order valence-electron chi connectivity index (χ0n) is 13.1. The first-order valence-corrected chi connectivity index (χ1v) is 8.68. The summed E-state index contributed by atoms with van der Waals surface area (Å²) in [5.41, 5.74) is 1.69. The first-order valence-electron chi connectivity index (χ1n) is 7.48. The van der Waals surface area contributed by atoms with Gasteiger partial charge in [0.05, 0.1) is 6.21 Å². The molecule has 0 fully saturated rings. The van der Waals surface area contributed by atoms with E-state index in [1.807, 2.05) is 36.4 Å². The van der Waals surface area contributed by atoms with Crippen LogP contribution in [0.5, 0.6) is 0 Å². The summed E-state index contributed by atoms with van der Waals surface area (Å²) in [4.78, 5) is 10.7. The zero-order valence-corrected chi connectivity index (χ0v) is 14.7. The van der Waals surface area contributed by atoms with Crippen LogP contribution < -0.4 is 0 Å². The van der Waals surface area contributed by atoms with Crippen LogP contribution in [0.15, 0.2) is 81.9 Å². The number of nitrogens with zero attached hydrogens (tertiary/aromatic N) is 2. The number of pyridine rings is 1. The second-order valence-electron chi connectivity index (χ2n) is 5.12. The first kappa shape index (κ1) is 17.5. The van der Waals surface area contributed by atoms with Gasteiger partial charge in [0.1, 0.15) is 17.5 Å². The highest BCUT2D eigenvalue weighted by Crippen LogP contribution is 2.26. The quantitative estimate of drug-likeness (QED) is 0.418. The maximum Gasteiger partial charge on any atom is 0.142 e. The third kappa shape index (κ3) is 5.59. The number of oxime groups is 1. The Labute approximate surface area is 154 Å². The van der Waals surface area contributed by atoms with E-state index in [-0.39, 0.29) is 12.4 Å². The Morgan fingerprint density at radius 2 is 1.80 bits per heavy atom. The Bertz CT molecular complexity index is 837. The number of hydrogen-bond donors (Lipinski definition) is 0. The van der Waals surface area contributed by atoms with Gasteiger partial charge in [0.25, 0.3) is 0 Å². The molecule has 0 aliphatic carbocycles. The minimum Gasteiger partial charge on any atom is -0.391 e. The molecule has 0 aliphatic rings. The lowest BCUT2D eigenvalue weighted by Crippen LogP contribution is -1.89. The Morgan fingerprint density at radius 1 is 1.04 bits per heavy atom. The van der Waals surface area contributed by atoms with E-state index in [9.17, 15) is 4.39 Å². The summed E-state index contributed by atoms with van der Waals surface area (Å²) in [6.07, 6.45) is 3.32. The van der Waals surface area contributed by atoms with Crippen molar-refractivity contribution in [2.24, 2.45) is 5.16 Å². The largest absolute Gasteiger partial charge is 0.391 e. The highest BCUT2D eigenvalue weighted by Gasteiger charge is 1.99. The summed E-state index contributed by atoms with van der Waals surface area (Å²) >= 11 is 7.43. The van der Waals surface area contributed by atoms with Crippen molar-refractivity contribution in [1.29, 1.82) is 0 Å². The van der Waals surface area contributed by atoms with Crippen molar-refractivity contribution >= 4 is 29.6 Å². The molecule has 3 nitrogen and oxygen atoms in total. The fourth-order valence-corrected chi connectivity index (χ4v) is 2.82. The van der Waals surface area contributed by atoms with Crippen LogP contribution in [0.1, 0.15) is 11.1 Å². The second-order valence-corrected chi connectivity index (χ2v) is 6.65. The molecule has 3 rings (SSSR count). The highest BCUT2D eigenvalue weighted by atomic mass is 35.5. The standard InChI is InChI=1S/C19H14ClFN2OS/c20-16-4-8-18(9-5-16)25-19-10-3-15(11-22-19)12-23-24-13-14-1-6-17(21)7-2-14/h1-12H,13H2. The summed E-state index contributed by atoms with van der Waals surface area (Å²) in [6, 6.07) is 17.5. The molecule has 1 aromatic heterocycles. The lowest BCUT2D eigenvalue weighted by atomic mass is 10.2. The van der Waals surface area contributed by atoms with Crippen LogP contribution in [-0.2, 0) is 11.4 Å². The molecule has 1 heterocycles. The Hall–Kier alpha value is -2.37. The molecule has 0 saturated heterocycles. The molecule has 0 aliphatic heterocycles. The Morgan fingerprint density at radius 3 is 2.48 bits per heavy atom. The molecule has 2 aromatic carbocycles. The summed E-state index contributed by atoms with van der Waals surface area (Å²) in [6.45, 7) is 0.286. The van der Waals surface area contributed by atoms with Crippen molar-refractivity contribution in [2.75, 3.05) is 0 Å². The molecule has 0 N–H and O–H groups in total. The van der Waals surface area contributed by atoms with E-state index in [1.54, 1.807) is 36.3 Å². The van der Waals surface area contributed by atoms with Crippen molar-refractivity contribution in [2.45, 2.75) is 16.5 Å². The van der Waals surface area contributed by atoms with Crippen LogP contribution in [0.4, 0.5) is 4.39 Å². The van der Waals surface area contributed by atoms with Gasteiger partial charge in [-0.15, -0.1) is 0 Å². The summed E-state index contributed by atoms with van der Waals surface area (Å²) < 4.78 is 12.8. The third-order valence-corrected chi connectivity index (χ3v) is 4.43. The van der Waals surface area contributed by atoms with Gasteiger partial charge >= 0.3 is 0 Å². The van der Waals surface area contributed by atoms with Crippen LogP contribution in [0.2, 0.25) is 5.02 Å².